The van der Waals surface area contributed by atoms with Gasteiger partial charge in [0.2, 0.25) is 0 Å². The minimum atomic E-state index is -0.504. The smallest absolute Gasteiger partial charge is 0.287 e. The number of hydrogen-bond acceptors (Lipinski definition) is 4. The molecule has 0 radical (unpaired) electrons. The van der Waals surface area contributed by atoms with Crippen molar-refractivity contribution in [3.63, 3.8) is 0 Å². The van der Waals surface area contributed by atoms with E-state index in [2.05, 4.69) is 12.2 Å². The van der Waals surface area contributed by atoms with Gasteiger partial charge in [-0.05, 0) is 44.2 Å². The van der Waals surface area contributed by atoms with Gasteiger partial charge in [-0.15, -0.1) is 0 Å². The highest BCUT2D eigenvalue weighted by molar-refractivity contribution is 6.32. The van der Waals surface area contributed by atoms with Crippen LogP contribution in [-0.4, -0.2) is 11.5 Å². The first-order valence-corrected chi connectivity index (χ1v) is 7.18. The molecule has 1 aromatic carbocycles. The summed E-state index contributed by atoms with van der Waals surface area (Å²) < 4.78 is 5.79. The molecule has 5 nitrogen and oxygen atoms in total. The molecule has 112 valence electrons. The van der Waals surface area contributed by atoms with E-state index in [0.29, 0.717) is 5.76 Å². The predicted octanol–water partition coefficient (Wildman–Crippen LogP) is 4.57. The van der Waals surface area contributed by atoms with Gasteiger partial charge in [0, 0.05) is 11.6 Å². The Morgan fingerprint density at radius 2 is 2.14 bits per heavy atom. The fourth-order valence-electron chi connectivity index (χ4n) is 2.01. The Labute approximate surface area is 128 Å². The van der Waals surface area contributed by atoms with E-state index in [-0.39, 0.29) is 16.8 Å². The highest BCUT2D eigenvalue weighted by atomic mass is 35.5. The molecule has 1 heterocycles. The van der Waals surface area contributed by atoms with Crippen LogP contribution in [0, 0.1) is 10.1 Å². The molecule has 0 saturated carbocycles. The van der Waals surface area contributed by atoms with Gasteiger partial charge in [0.1, 0.15) is 16.5 Å². The average molecular weight is 309 g/mol. The summed E-state index contributed by atoms with van der Waals surface area (Å²) >= 11 is 5.92. The topological polar surface area (TPSA) is 68.3 Å². The third-order valence-corrected chi connectivity index (χ3v) is 3.49. The maximum Gasteiger partial charge on any atom is 0.287 e. The zero-order valence-electron chi connectivity index (χ0n) is 11.9. The molecule has 1 atom stereocenters. The maximum atomic E-state index is 10.8. The van der Waals surface area contributed by atoms with Crippen molar-refractivity contribution in [1.82, 2.24) is 5.32 Å². The normalized spacial score (nSPS) is 12.3. The van der Waals surface area contributed by atoms with Crippen LogP contribution in [0.25, 0.3) is 11.3 Å². The van der Waals surface area contributed by atoms with Crippen molar-refractivity contribution in [2.45, 2.75) is 26.3 Å². The van der Waals surface area contributed by atoms with Gasteiger partial charge in [0.05, 0.1) is 11.0 Å². The molecule has 0 spiro atoms. The number of nitrogens with zero attached hydrogens (tertiary/aromatic N) is 1. The Kier molecular flexibility index (Phi) is 4.98. The van der Waals surface area contributed by atoms with E-state index in [0.717, 1.165) is 24.3 Å². The Morgan fingerprint density at radius 1 is 1.38 bits per heavy atom. The first kappa shape index (κ1) is 15.5. The molecule has 1 N–H and O–H groups in total. The lowest BCUT2D eigenvalue weighted by Gasteiger charge is -2.09. The lowest BCUT2D eigenvalue weighted by Crippen LogP contribution is -2.18. The van der Waals surface area contributed by atoms with Crippen molar-refractivity contribution in [2.75, 3.05) is 6.54 Å². The summed E-state index contributed by atoms with van der Waals surface area (Å²) in [6, 6.07) is 8.43. The van der Waals surface area contributed by atoms with Gasteiger partial charge in [-0.3, -0.25) is 10.1 Å². The summed E-state index contributed by atoms with van der Waals surface area (Å²) in [7, 11) is 0. The molecule has 0 bridgehead atoms. The van der Waals surface area contributed by atoms with Crippen molar-refractivity contribution >= 4 is 17.3 Å². The van der Waals surface area contributed by atoms with Crippen molar-refractivity contribution in [3.05, 3.63) is 51.2 Å². The van der Waals surface area contributed by atoms with Gasteiger partial charge in [-0.1, -0.05) is 18.5 Å². The van der Waals surface area contributed by atoms with Gasteiger partial charge < -0.3 is 9.73 Å². The van der Waals surface area contributed by atoms with Gasteiger partial charge in [-0.2, -0.15) is 0 Å². The van der Waals surface area contributed by atoms with Gasteiger partial charge in [0.25, 0.3) is 5.69 Å². The summed E-state index contributed by atoms with van der Waals surface area (Å²) in [5.41, 5.74) is 0.615. The van der Waals surface area contributed by atoms with Crippen LogP contribution >= 0.6 is 11.6 Å². The molecule has 0 aliphatic rings. The molecule has 0 amide bonds. The van der Waals surface area contributed by atoms with E-state index in [9.17, 15) is 10.1 Å². The Morgan fingerprint density at radius 3 is 2.76 bits per heavy atom. The van der Waals surface area contributed by atoms with Crippen LogP contribution in [0.3, 0.4) is 0 Å². The molecule has 0 aliphatic carbocycles. The average Bonchev–Trinajstić information content (AvgIpc) is 2.94. The van der Waals surface area contributed by atoms with E-state index in [4.69, 9.17) is 16.0 Å². The SMILES string of the molecule is CCCNC(C)c1ccc(-c2ccc([N+](=O)[O-])c(Cl)c2)o1. The van der Waals surface area contributed by atoms with E-state index in [1.165, 1.54) is 6.07 Å². The second-order valence-corrected chi connectivity index (χ2v) is 5.21. The van der Waals surface area contributed by atoms with Crippen molar-refractivity contribution in [2.24, 2.45) is 0 Å². The number of halogens is 1. The molecule has 0 saturated heterocycles. The lowest BCUT2D eigenvalue weighted by atomic mass is 10.1. The standard InChI is InChI=1S/C15H17ClN2O3/c1-3-8-17-10(2)14-6-7-15(21-14)11-4-5-13(18(19)20)12(16)9-11/h4-7,9-10,17H,3,8H2,1-2H3. The Balaban J connectivity index is 2.21. The quantitative estimate of drug-likeness (QED) is 0.627. The van der Waals surface area contributed by atoms with Crippen LogP contribution in [0.1, 0.15) is 32.1 Å². The molecule has 6 heteroatoms. The molecular weight excluding hydrogens is 292 g/mol. The first-order valence-electron chi connectivity index (χ1n) is 6.80. The zero-order chi connectivity index (χ0) is 15.4. The molecule has 1 unspecified atom stereocenters. The Bertz CT molecular complexity index is 640. The molecule has 2 aromatic rings. The van der Waals surface area contributed by atoms with Crippen molar-refractivity contribution in [1.29, 1.82) is 0 Å². The molecule has 21 heavy (non-hydrogen) atoms. The summed E-state index contributed by atoms with van der Waals surface area (Å²) in [6.07, 6.45) is 1.05. The van der Waals surface area contributed by atoms with E-state index >= 15 is 0 Å². The second-order valence-electron chi connectivity index (χ2n) is 4.80. The van der Waals surface area contributed by atoms with Gasteiger partial charge >= 0.3 is 0 Å². The van der Waals surface area contributed by atoms with Gasteiger partial charge in [0.15, 0.2) is 0 Å². The van der Waals surface area contributed by atoms with Crippen LogP contribution in [-0.2, 0) is 0 Å². The number of nitro benzene ring substituents is 1. The first-order chi connectivity index (χ1) is 10.0. The molecular formula is C15H17ClN2O3. The number of nitrogens with one attached hydrogen (secondary N) is 1. The summed E-state index contributed by atoms with van der Waals surface area (Å²) in [6.45, 7) is 5.05. The van der Waals surface area contributed by atoms with Gasteiger partial charge in [-0.25, -0.2) is 0 Å². The third kappa shape index (κ3) is 3.62. The number of nitro groups is 1. The van der Waals surface area contributed by atoms with E-state index in [1.807, 2.05) is 19.1 Å². The molecule has 1 aromatic heterocycles. The lowest BCUT2D eigenvalue weighted by molar-refractivity contribution is -0.384. The van der Waals surface area contributed by atoms with Crippen LogP contribution in [0.2, 0.25) is 5.02 Å². The molecule has 0 fully saturated rings. The fraction of sp³-hybridized carbons (Fsp3) is 0.333. The Hall–Kier alpha value is -1.85. The van der Waals surface area contributed by atoms with Crippen molar-refractivity contribution < 1.29 is 9.34 Å². The maximum absolute atomic E-state index is 10.8. The predicted molar refractivity (Wildman–Crippen MR) is 82.5 cm³/mol. The van der Waals surface area contributed by atoms with Crippen LogP contribution in [0.5, 0.6) is 0 Å². The number of hydrogen-bond donors (Lipinski definition) is 1. The van der Waals surface area contributed by atoms with Crippen molar-refractivity contribution in [3.8, 4) is 11.3 Å². The second kappa shape index (κ2) is 6.74. The van der Waals surface area contributed by atoms with Crippen LogP contribution in [0.4, 0.5) is 5.69 Å². The molecule has 0 aliphatic heterocycles. The number of benzene rings is 1. The highest BCUT2D eigenvalue weighted by Gasteiger charge is 2.15. The third-order valence-electron chi connectivity index (χ3n) is 3.18. The largest absolute Gasteiger partial charge is 0.459 e. The number of furan rings is 1. The number of rotatable bonds is 6. The van der Waals surface area contributed by atoms with Crippen LogP contribution in [0.15, 0.2) is 34.7 Å². The monoisotopic (exact) mass is 308 g/mol. The summed E-state index contributed by atoms with van der Waals surface area (Å²) in [5, 5.41) is 14.2. The van der Waals surface area contributed by atoms with Crippen LogP contribution < -0.4 is 5.32 Å². The fourth-order valence-corrected chi connectivity index (χ4v) is 2.26. The van der Waals surface area contributed by atoms with E-state index in [1.54, 1.807) is 12.1 Å². The minimum absolute atomic E-state index is 0.104. The summed E-state index contributed by atoms with van der Waals surface area (Å²) in [5.74, 6) is 1.47. The highest BCUT2D eigenvalue weighted by Crippen LogP contribution is 2.31. The molecule has 2 rings (SSSR count). The zero-order valence-corrected chi connectivity index (χ0v) is 12.7. The summed E-state index contributed by atoms with van der Waals surface area (Å²) in [4.78, 5) is 10.2. The minimum Gasteiger partial charge on any atom is -0.459 e. The van der Waals surface area contributed by atoms with E-state index < -0.39 is 4.92 Å².